The predicted molar refractivity (Wildman–Crippen MR) is 90.6 cm³/mol. The van der Waals surface area contributed by atoms with E-state index in [2.05, 4.69) is 10.4 Å². The van der Waals surface area contributed by atoms with Crippen LogP contribution in [0.5, 0.6) is 5.75 Å². The molecule has 0 aliphatic carbocycles. The Hall–Kier alpha value is -3.62. The Morgan fingerprint density at radius 3 is 2.69 bits per heavy atom. The Kier molecular flexibility index (Phi) is 4.97. The molecule has 1 unspecified atom stereocenters. The minimum absolute atomic E-state index is 0.0458. The Bertz CT molecular complexity index is 816. The van der Waals surface area contributed by atoms with Gasteiger partial charge in [-0.1, -0.05) is 12.1 Å². The average Bonchev–Trinajstić information content (AvgIpc) is 3.28. The van der Waals surface area contributed by atoms with Crippen LogP contribution >= 0.6 is 0 Å². The number of hydrazone groups is 1. The van der Waals surface area contributed by atoms with Crippen LogP contribution in [0.3, 0.4) is 0 Å². The molecule has 4 amide bonds. The molecule has 0 radical (unpaired) electrons. The van der Waals surface area contributed by atoms with E-state index in [-0.39, 0.29) is 18.8 Å². The Labute approximate surface area is 148 Å². The van der Waals surface area contributed by atoms with Crippen LogP contribution in [-0.2, 0) is 4.79 Å². The summed E-state index contributed by atoms with van der Waals surface area (Å²) in [6.45, 7) is 0.371. The standard InChI is InChI=1S/C17H16N4O5/c22-11-15(12-3-5-13(23)6-4-12)19-16(24)20-7-8-21(17(20)25)18-10-14-2-1-9-26-14/h1-6,9-11,15,23H,7-8H2,(H,19,24)/b18-10+. The zero-order valence-electron chi connectivity index (χ0n) is 13.6. The van der Waals surface area contributed by atoms with Gasteiger partial charge in [-0.3, -0.25) is 0 Å². The predicted octanol–water partition coefficient (Wildman–Crippen LogP) is 1.71. The zero-order chi connectivity index (χ0) is 18.5. The van der Waals surface area contributed by atoms with E-state index in [0.717, 1.165) is 9.91 Å². The number of carbonyl (C=O) groups excluding carboxylic acids is 3. The zero-order valence-corrected chi connectivity index (χ0v) is 13.6. The van der Waals surface area contributed by atoms with Gasteiger partial charge in [0.25, 0.3) is 0 Å². The summed E-state index contributed by atoms with van der Waals surface area (Å²) in [5.74, 6) is 0.526. The molecular formula is C17H16N4O5. The summed E-state index contributed by atoms with van der Waals surface area (Å²) in [5, 5.41) is 16.9. The van der Waals surface area contributed by atoms with Crippen LogP contribution in [-0.4, -0.2) is 52.7 Å². The molecule has 0 spiro atoms. The largest absolute Gasteiger partial charge is 0.508 e. The molecule has 9 nitrogen and oxygen atoms in total. The minimum atomic E-state index is -0.934. The molecule has 3 rings (SSSR count). The maximum atomic E-state index is 12.3. The van der Waals surface area contributed by atoms with Gasteiger partial charge in [-0.15, -0.1) is 0 Å². The van der Waals surface area contributed by atoms with E-state index in [1.54, 1.807) is 12.1 Å². The van der Waals surface area contributed by atoms with Gasteiger partial charge in [0.05, 0.1) is 25.6 Å². The molecule has 9 heteroatoms. The fraction of sp³-hybridized carbons (Fsp3) is 0.176. The van der Waals surface area contributed by atoms with Crippen LogP contribution in [0.4, 0.5) is 9.59 Å². The quantitative estimate of drug-likeness (QED) is 0.625. The highest BCUT2D eigenvalue weighted by atomic mass is 16.3. The van der Waals surface area contributed by atoms with Crippen molar-refractivity contribution < 1.29 is 23.9 Å². The molecule has 1 aromatic heterocycles. The lowest BCUT2D eigenvalue weighted by Gasteiger charge is -2.18. The van der Waals surface area contributed by atoms with Crippen molar-refractivity contribution in [1.82, 2.24) is 15.2 Å². The van der Waals surface area contributed by atoms with Crippen molar-refractivity contribution in [2.24, 2.45) is 5.10 Å². The highest BCUT2D eigenvalue weighted by molar-refractivity contribution is 5.96. The number of nitrogens with one attached hydrogen (secondary N) is 1. The number of carbonyl (C=O) groups is 3. The summed E-state index contributed by atoms with van der Waals surface area (Å²) in [4.78, 5) is 36.9. The SMILES string of the molecule is O=CC(NC(=O)N1CCN(/N=C/c2ccco2)C1=O)c1ccc(O)cc1. The van der Waals surface area contributed by atoms with E-state index in [9.17, 15) is 19.5 Å². The molecule has 0 bridgehead atoms. The van der Waals surface area contributed by atoms with Crippen LogP contribution in [0.15, 0.2) is 52.2 Å². The first kappa shape index (κ1) is 17.2. The number of hydrogen-bond acceptors (Lipinski definition) is 6. The van der Waals surface area contributed by atoms with E-state index in [1.165, 1.54) is 36.7 Å². The van der Waals surface area contributed by atoms with E-state index < -0.39 is 18.1 Å². The van der Waals surface area contributed by atoms with Crippen molar-refractivity contribution in [3.63, 3.8) is 0 Å². The molecule has 1 aromatic carbocycles. The van der Waals surface area contributed by atoms with Gasteiger partial charge in [-0.05, 0) is 29.8 Å². The third kappa shape index (κ3) is 3.72. The summed E-state index contributed by atoms with van der Waals surface area (Å²) < 4.78 is 5.09. The number of benzene rings is 1. The van der Waals surface area contributed by atoms with Crippen molar-refractivity contribution in [2.75, 3.05) is 13.1 Å². The maximum Gasteiger partial charge on any atom is 0.348 e. The summed E-state index contributed by atoms with van der Waals surface area (Å²) in [6.07, 6.45) is 3.41. The van der Waals surface area contributed by atoms with Crippen molar-refractivity contribution in [3.05, 3.63) is 54.0 Å². The first-order valence-corrected chi connectivity index (χ1v) is 7.79. The number of phenols is 1. The highest BCUT2D eigenvalue weighted by Gasteiger charge is 2.34. The summed E-state index contributed by atoms with van der Waals surface area (Å²) in [7, 11) is 0. The Balaban J connectivity index is 1.63. The smallest absolute Gasteiger partial charge is 0.348 e. The third-order valence-electron chi connectivity index (χ3n) is 3.77. The van der Waals surface area contributed by atoms with Crippen molar-refractivity contribution >= 4 is 24.6 Å². The second kappa shape index (κ2) is 7.51. The average molecular weight is 356 g/mol. The van der Waals surface area contributed by atoms with Gasteiger partial charge in [-0.2, -0.15) is 5.10 Å². The third-order valence-corrected chi connectivity index (χ3v) is 3.77. The van der Waals surface area contributed by atoms with E-state index >= 15 is 0 Å². The number of nitrogens with zero attached hydrogens (tertiary/aromatic N) is 3. The molecule has 1 saturated heterocycles. The summed E-state index contributed by atoms with van der Waals surface area (Å²) in [5.41, 5.74) is 0.491. The van der Waals surface area contributed by atoms with Crippen molar-refractivity contribution in [3.8, 4) is 5.75 Å². The topological polar surface area (TPSA) is 115 Å². The Morgan fingerprint density at radius 2 is 2.04 bits per heavy atom. The molecule has 2 N–H and O–H groups in total. The number of aldehydes is 1. The van der Waals surface area contributed by atoms with Crippen LogP contribution in [0, 0.1) is 0 Å². The van der Waals surface area contributed by atoms with Crippen LogP contribution in [0.2, 0.25) is 0 Å². The van der Waals surface area contributed by atoms with Gasteiger partial charge in [0, 0.05) is 0 Å². The number of aromatic hydroxyl groups is 1. The molecule has 2 aromatic rings. The fourth-order valence-electron chi connectivity index (χ4n) is 2.40. The lowest BCUT2D eigenvalue weighted by atomic mass is 10.1. The number of phenolic OH excluding ortho intramolecular Hbond substituents is 1. The van der Waals surface area contributed by atoms with Crippen molar-refractivity contribution in [2.45, 2.75) is 6.04 Å². The van der Waals surface area contributed by atoms with Gasteiger partial charge >= 0.3 is 12.1 Å². The van der Waals surface area contributed by atoms with Crippen LogP contribution in [0.25, 0.3) is 0 Å². The van der Waals surface area contributed by atoms with E-state index in [0.29, 0.717) is 17.6 Å². The molecule has 134 valence electrons. The van der Waals surface area contributed by atoms with Gasteiger partial charge in [0.15, 0.2) is 0 Å². The number of amides is 4. The van der Waals surface area contributed by atoms with E-state index in [1.807, 2.05) is 0 Å². The van der Waals surface area contributed by atoms with Crippen LogP contribution in [0.1, 0.15) is 17.4 Å². The number of rotatable bonds is 5. The van der Waals surface area contributed by atoms with Gasteiger partial charge < -0.3 is 19.6 Å². The highest BCUT2D eigenvalue weighted by Crippen LogP contribution is 2.17. The van der Waals surface area contributed by atoms with Gasteiger partial charge in [0.1, 0.15) is 23.8 Å². The van der Waals surface area contributed by atoms with Crippen LogP contribution < -0.4 is 5.32 Å². The normalized spacial score (nSPS) is 15.5. The lowest BCUT2D eigenvalue weighted by molar-refractivity contribution is -0.109. The second-order valence-electron chi connectivity index (χ2n) is 5.47. The lowest BCUT2D eigenvalue weighted by Crippen LogP contribution is -2.43. The summed E-state index contributed by atoms with van der Waals surface area (Å²) >= 11 is 0. The minimum Gasteiger partial charge on any atom is -0.508 e. The van der Waals surface area contributed by atoms with Gasteiger partial charge in [0.2, 0.25) is 0 Å². The maximum absolute atomic E-state index is 12.3. The molecule has 2 heterocycles. The van der Waals surface area contributed by atoms with Crippen molar-refractivity contribution in [1.29, 1.82) is 0 Å². The molecule has 1 aliphatic heterocycles. The van der Waals surface area contributed by atoms with Gasteiger partial charge in [-0.25, -0.2) is 19.5 Å². The number of hydrogen-bond donors (Lipinski definition) is 2. The number of furan rings is 1. The first-order valence-electron chi connectivity index (χ1n) is 7.79. The fourth-order valence-corrected chi connectivity index (χ4v) is 2.40. The first-order chi connectivity index (χ1) is 12.6. The molecule has 1 fully saturated rings. The number of urea groups is 2. The summed E-state index contributed by atoms with van der Waals surface area (Å²) in [6, 6.07) is 6.99. The molecule has 1 atom stereocenters. The van der Waals surface area contributed by atoms with E-state index in [4.69, 9.17) is 4.42 Å². The molecule has 1 aliphatic rings. The molecular weight excluding hydrogens is 340 g/mol. The second-order valence-corrected chi connectivity index (χ2v) is 5.47. The Morgan fingerprint density at radius 1 is 1.27 bits per heavy atom. The molecule has 0 saturated carbocycles. The molecule has 26 heavy (non-hydrogen) atoms. The number of imide groups is 1. The monoisotopic (exact) mass is 356 g/mol.